The highest BCUT2D eigenvalue weighted by Gasteiger charge is 2.32. The predicted molar refractivity (Wildman–Crippen MR) is 94.0 cm³/mol. The Morgan fingerprint density at radius 3 is 2.39 bits per heavy atom. The number of halogens is 2. The molecule has 2 aromatic rings. The Bertz CT molecular complexity index is 806. The fraction of sp³-hybridized carbons (Fsp3) is 0.0625. The van der Waals surface area contributed by atoms with E-state index in [-0.39, 0.29) is 11.1 Å². The second-order valence-electron chi connectivity index (χ2n) is 4.80. The lowest BCUT2D eigenvalue weighted by atomic mass is 10.1. The van der Waals surface area contributed by atoms with E-state index in [4.69, 9.17) is 23.2 Å². The molecule has 1 saturated heterocycles. The van der Waals surface area contributed by atoms with Crippen LogP contribution in [0, 0.1) is 0 Å². The van der Waals surface area contributed by atoms with Crippen molar-refractivity contribution in [1.29, 1.82) is 0 Å². The van der Waals surface area contributed by atoms with Gasteiger partial charge in [0.05, 0.1) is 15.7 Å². The molecule has 1 unspecified atom stereocenters. The molecular formula is C16H10Cl2N2O2S. The molecule has 1 heterocycles. The summed E-state index contributed by atoms with van der Waals surface area (Å²) < 4.78 is 0. The molecule has 0 bridgehead atoms. The molecule has 1 N–H and O–H groups in total. The minimum absolute atomic E-state index is 0.285. The van der Waals surface area contributed by atoms with Crippen LogP contribution in [0.25, 0.3) is 0 Å². The number of aliphatic imine (C=N–C) groups is 1. The topological polar surface area (TPSA) is 58.5 Å². The van der Waals surface area contributed by atoms with Crippen molar-refractivity contribution in [2.45, 2.75) is 5.25 Å². The van der Waals surface area contributed by atoms with Crippen molar-refractivity contribution >= 4 is 58.0 Å². The Morgan fingerprint density at radius 2 is 1.78 bits per heavy atom. The number of nitrogens with zero attached hydrogens (tertiary/aromatic N) is 1. The van der Waals surface area contributed by atoms with Crippen LogP contribution in [0.1, 0.15) is 16.4 Å². The second-order valence-corrected chi connectivity index (χ2v) is 6.69. The van der Waals surface area contributed by atoms with E-state index in [0.29, 0.717) is 10.0 Å². The molecule has 2 amide bonds. The Hall–Kier alpha value is -1.82. The molecule has 1 atom stereocenters. The van der Waals surface area contributed by atoms with Crippen LogP contribution in [0.4, 0.5) is 10.5 Å². The lowest BCUT2D eigenvalue weighted by Crippen LogP contribution is -2.20. The van der Waals surface area contributed by atoms with Crippen LogP contribution in [-0.4, -0.2) is 17.4 Å². The minimum atomic E-state index is -0.490. The van der Waals surface area contributed by atoms with E-state index in [1.807, 2.05) is 6.07 Å². The number of benzene rings is 2. The zero-order valence-electron chi connectivity index (χ0n) is 11.6. The normalized spacial score (nSPS) is 17.7. The standard InChI is InChI=1S/C16H10Cl2N2O2S/c17-12-6-1-9(7-13(12)18)8-19-11-4-2-10(3-5-11)14-15(21)20-16(22)23-14/h1-8,14H,(H,20,21,22)/b19-8+. The van der Waals surface area contributed by atoms with Crippen LogP contribution in [0.5, 0.6) is 0 Å². The first-order chi connectivity index (χ1) is 11.0. The molecule has 0 saturated carbocycles. The summed E-state index contributed by atoms with van der Waals surface area (Å²) in [6.45, 7) is 0. The van der Waals surface area contributed by atoms with Gasteiger partial charge in [-0.1, -0.05) is 41.4 Å². The van der Waals surface area contributed by atoms with E-state index < -0.39 is 5.25 Å². The third-order valence-corrected chi connectivity index (χ3v) is 4.97. The van der Waals surface area contributed by atoms with Crippen LogP contribution in [0.3, 0.4) is 0 Å². The number of amides is 2. The SMILES string of the molecule is O=C1NC(=O)C(c2ccc(/N=C/c3ccc(Cl)c(Cl)c3)cc2)S1. The molecule has 0 aliphatic carbocycles. The average Bonchev–Trinajstić information content (AvgIpc) is 2.87. The van der Waals surface area contributed by atoms with Crippen molar-refractivity contribution < 1.29 is 9.59 Å². The molecule has 116 valence electrons. The number of carbonyl (C=O) groups is 2. The third-order valence-electron chi connectivity index (χ3n) is 3.19. The summed E-state index contributed by atoms with van der Waals surface area (Å²) in [5.74, 6) is -0.285. The number of nitrogens with one attached hydrogen (secondary N) is 1. The fourth-order valence-corrected chi connectivity index (χ4v) is 3.19. The van der Waals surface area contributed by atoms with Crippen molar-refractivity contribution in [3.63, 3.8) is 0 Å². The summed E-state index contributed by atoms with van der Waals surface area (Å²) in [6.07, 6.45) is 1.68. The van der Waals surface area contributed by atoms with Gasteiger partial charge in [0.25, 0.3) is 5.24 Å². The first-order valence-corrected chi connectivity index (χ1v) is 8.27. The fourth-order valence-electron chi connectivity index (χ4n) is 2.05. The highest BCUT2D eigenvalue weighted by Crippen LogP contribution is 2.34. The van der Waals surface area contributed by atoms with Gasteiger partial charge < -0.3 is 0 Å². The molecule has 7 heteroatoms. The summed E-state index contributed by atoms with van der Waals surface area (Å²) >= 11 is 12.8. The number of thioether (sulfide) groups is 1. The van der Waals surface area contributed by atoms with Gasteiger partial charge in [0.1, 0.15) is 5.25 Å². The highest BCUT2D eigenvalue weighted by molar-refractivity contribution is 8.15. The molecule has 1 fully saturated rings. The molecule has 1 aliphatic rings. The first kappa shape index (κ1) is 16.1. The van der Waals surface area contributed by atoms with E-state index >= 15 is 0 Å². The van der Waals surface area contributed by atoms with Crippen LogP contribution >= 0.6 is 35.0 Å². The number of hydrogen-bond acceptors (Lipinski definition) is 4. The van der Waals surface area contributed by atoms with Crippen LogP contribution in [0.2, 0.25) is 10.0 Å². The molecule has 3 rings (SSSR count). The van der Waals surface area contributed by atoms with Crippen molar-refractivity contribution in [1.82, 2.24) is 5.32 Å². The van der Waals surface area contributed by atoms with Crippen molar-refractivity contribution in [3.05, 3.63) is 63.6 Å². The van der Waals surface area contributed by atoms with Gasteiger partial charge in [0, 0.05) is 6.21 Å². The lowest BCUT2D eigenvalue weighted by molar-refractivity contribution is -0.119. The van der Waals surface area contributed by atoms with E-state index in [2.05, 4.69) is 10.3 Å². The van der Waals surface area contributed by atoms with Gasteiger partial charge in [-0.3, -0.25) is 19.9 Å². The van der Waals surface area contributed by atoms with Gasteiger partial charge in [-0.15, -0.1) is 0 Å². The second kappa shape index (κ2) is 6.74. The van der Waals surface area contributed by atoms with Crippen LogP contribution in [0.15, 0.2) is 47.5 Å². The smallest absolute Gasteiger partial charge is 0.286 e. The summed E-state index contributed by atoms with van der Waals surface area (Å²) in [6, 6.07) is 12.4. The minimum Gasteiger partial charge on any atom is -0.286 e. The molecule has 0 aromatic heterocycles. The number of imide groups is 1. The number of carbonyl (C=O) groups excluding carboxylic acids is 2. The molecule has 1 aliphatic heterocycles. The zero-order chi connectivity index (χ0) is 16.4. The number of rotatable bonds is 3. The largest absolute Gasteiger partial charge is 0.286 e. The van der Waals surface area contributed by atoms with E-state index in [9.17, 15) is 9.59 Å². The molecule has 23 heavy (non-hydrogen) atoms. The number of hydrogen-bond donors (Lipinski definition) is 1. The summed E-state index contributed by atoms with van der Waals surface area (Å²) in [7, 11) is 0. The summed E-state index contributed by atoms with van der Waals surface area (Å²) in [5, 5.41) is 2.43. The lowest BCUT2D eigenvalue weighted by Gasteiger charge is -2.05. The van der Waals surface area contributed by atoms with Crippen molar-refractivity contribution in [2.24, 2.45) is 4.99 Å². The maximum absolute atomic E-state index is 11.6. The van der Waals surface area contributed by atoms with Gasteiger partial charge in [-0.05, 0) is 47.2 Å². The third kappa shape index (κ3) is 3.75. The quantitative estimate of drug-likeness (QED) is 0.798. The predicted octanol–water partition coefficient (Wildman–Crippen LogP) is 4.77. The average molecular weight is 365 g/mol. The first-order valence-electron chi connectivity index (χ1n) is 6.63. The molecular weight excluding hydrogens is 355 g/mol. The van der Waals surface area contributed by atoms with E-state index in [1.54, 1.807) is 42.6 Å². The molecule has 0 spiro atoms. The van der Waals surface area contributed by atoms with E-state index in [1.165, 1.54) is 0 Å². The molecule has 2 aromatic carbocycles. The molecule has 4 nitrogen and oxygen atoms in total. The van der Waals surface area contributed by atoms with Gasteiger partial charge in [0.15, 0.2) is 0 Å². The van der Waals surface area contributed by atoms with Gasteiger partial charge in [-0.25, -0.2) is 0 Å². The summed E-state index contributed by atoms with van der Waals surface area (Å²) in [4.78, 5) is 27.2. The van der Waals surface area contributed by atoms with Gasteiger partial charge in [0.2, 0.25) is 5.91 Å². The summed E-state index contributed by atoms with van der Waals surface area (Å²) in [5.41, 5.74) is 2.33. The Morgan fingerprint density at radius 1 is 1.04 bits per heavy atom. The monoisotopic (exact) mass is 364 g/mol. The Kier molecular flexibility index (Phi) is 4.71. The van der Waals surface area contributed by atoms with Crippen molar-refractivity contribution in [2.75, 3.05) is 0 Å². The molecule has 0 radical (unpaired) electrons. The Balaban J connectivity index is 1.74. The van der Waals surface area contributed by atoms with Crippen molar-refractivity contribution in [3.8, 4) is 0 Å². The van der Waals surface area contributed by atoms with Crippen LogP contribution in [-0.2, 0) is 4.79 Å². The van der Waals surface area contributed by atoms with Gasteiger partial charge in [-0.2, -0.15) is 0 Å². The zero-order valence-corrected chi connectivity index (χ0v) is 14.0. The highest BCUT2D eigenvalue weighted by atomic mass is 35.5. The van der Waals surface area contributed by atoms with Crippen LogP contribution < -0.4 is 5.32 Å². The van der Waals surface area contributed by atoms with E-state index in [0.717, 1.165) is 28.6 Å². The maximum Gasteiger partial charge on any atom is 0.286 e. The maximum atomic E-state index is 11.6. The van der Waals surface area contributed by atoms with Gasteiger partial charge >= 0.3 is 0 Å². The Labute approximate surface area is 146 Å².